The lowest BCUT2D eigenvalue weighted by molar-refractivity contribution is -0.0280. The van der Waals surface area contributed by atoms with E-state index in [2.05, 4.69) is 6.92 Å². The molecule has 0 radical (unpaired) electrons. The van der Waals surface area contributed by atoms with Crippen molar-refractivity contribution in [1.29, 1.82) is 0 Å². The van der Waals surface area contributed by atoms with Gasteiger partial charge >= 0.3 is 5.97 Å². The normalized spacial score (nSPS) is 27.3. The maximum atomic E-state index is 12.4. The van der Waals surface area contributed by atoms with E-state index in [1.54, 1.807) is 31.4 Å². The zero-order valence-electron chi connectivity index (χ0n) is 15.5. The first-order valence-corrected chi connectivity index (χ1v) is 9.42. The van der Waals surface area contributed by atoms with E-state index in [1.165, 1.54) is 19.3 Å². The molecule has 26 heavy (non-hydrogen) atoms. The van der Waals surface area contributed by atoms with Crippen molar-refractivity contribution in [2.75, 3.05) is 26.9 Å². The van der Waals surface area contributed by atoms with Gasteiger partial charge in [-0.15, -0.1) is 0 Å². The van der Waals surface area contributed by atoms with Crippen LogP contribution in [-0.4, -0.2) is 57.3 Å². The SMILES string of the molecule is CCCCCCOc1ccc(C(=O)O[C@H]2CO[C@H]3[C@@H]2OC[C@H]3OC)cc1. The highest BCUT2D eigenvalue weighted by molar-refractivity contribution is 5.89. The molecule has 1 aromatic carbocycles. The number of unbranched alkanes of at least 4 members (excludes halogenated alkanes) is 3. The fraction of sp³-hybridized carbons (Fsp3) is 0.650. The van der Waals surface area contributed by atoms with E-state index in [9.17, 15) is 4.79 Å². The molecule has 2 aliphatic rings. The molecule has 0 unspecified atom stereocenters. The van der Waals surface area contributed by atoms with Gasteiger partial charge in [-0.25, -0.2) is 4.79 Å². The highest BCUT2D eigenvalue weighted by Gasteiger charge is 2.49. The molecule has 0 bridgehead atoms. The number of carbonyl (C=O) groups is 1. The summed E-state index contributed by atoms with van der Waals surface area (Å²) in [5, 5.41) is 0. The van der Waals surface area contributed by atoms with Crippen molar-refractivity contribution in [2.24, 2.45) is 0 Å². The van der Waals surface area contributed by atoms with Crippen molar-refractivity contribution in [1.82, 2.24) is 0 Å². The van der Waals surface area contributed by atoms with Crippen LogP contribution in [0.1, 0.15) is 43.0 Å². The summed E-state index contributed by atoms with van der Waals surface area (Å²) in [6, 6.07) is 7.06. The molecule has 0 saturated carbocycles. The Morgan fingerprint density at radius 2 is 1.73 bits per heavy atom. The minimum atomic E-state index is -0.401. The molecule has 0 aromatic heterocycles. The van der Waals surface area contributed by atoms with Gasteiger partial charge in [-0.3, -0.25) is 0 Å². The minimum absolute atomic E-state index is 0.0996. The van der Waals surface area contributed by atoms with E-state index in [4.69, 9.17) is 23.7 Å². The van der Waals surface area contributed by atoms with E-state index in [0.29, 0.717) is 25.4 Å². The lowest BCUT2D eigenvalue weighted by Crippen LogP contribution is -2.34. The summed E-state index contributed by atoms with van der Waals surface area (Å²) in [4.78, 5) is 12.4. The zero-order valence-corrected chi connectivity index (χ0v) is 15.5. The molecule has 1 aromatic rings. The molecule has 2 heterocycles. The van der Waals surface area contributed by atoms with E-state index in [-0.39, 0.29) is 24.3 Å². The van der Waals surface area contributed by atoms with Gasteiger partial charge in [0.1, 0.15) is 24.1 Å². The summed E-state index contributed by atoms with van der Waals surface area (Å²) in [7, 11) is 1.63. The summed E-state index contributed by atoms with van der Waals surface area (Å²) in [6.07, 6.45) is 3.75. The quantitative estimate of drug-likeness (QED) is 0.496. The maximum Gasteiger partial charge on any atom is 0.338 e. The first-order valence-electron chi connectivity index (χ1n) is 9.42. The van der Waals surface area contributed by atoms with Gasteiger partial charge in [0.05, 0.1) is 25.4 Å². The van der Waals surface area contributed by atoms with Crippen molar-refractivity contribution in [2.45, 2.75) is 57.0 Å². The number of esters is 1. The first-order chi connectivity index (χ1) is 12.7. The van der Waals surface area contributed by atoms with Crippen LogP contribution in [0.2, 0.25) is 0 Å². The van der Waals surface area contributed by atoms with Gasteiger partial charge < -0.3 is 23.7 Å². The van der Waals surface area contributed by atoms with Gasteiger partial charge in [0.2, 0.25) is 0 Å². The zero-order chi connectivity index (χ0) is 18.4. The molecule has 144 valence electrons. The van der Waals surface area contributed by atoms with Crippen LogP contribution in [0.5, 0.6) is 5.75 Å². The van der Waals surface area contributed by atoms with Crippen LogP contribution >= 0.6 is 0 Å². The summed E-state index contributed by atoms with van der Waals surface area (Å²) in [5.41, 5.74) is 0.494. The second-order valence-corrected chi connectivity index (χ2v) is 6.75. The molecule has 2 fully saturated rings. The van der Waals surface area contributed by atoms with E-state index >= 15 is 0 Å². The number of rotatable bonds is 9. The fourth-order valence-corrected chi connectivity index (χ4v) is 3.34. The molecule has 2 aliphatic heterocycles. The molecular weight excluding hydrogens is 336 g/mol. The topological polar surface area (TPSA) is 63.2 Å². The van der Waals surface area contributed by atoms with Crippen molar-refractivity contribution >= 4 is 5.97 Å². The van der Waals surface area contributed by atoms with Crippen LogP contribution in [0.4, 0.5) is 0 Å². The van der Waals surface area contributed by atoms with Crippen molar-refractivity contribution in [3.8, 4) is 5.75 Å². The fourth-order valence-electron chi connectivity index (χ4n) is 3.34. The molecule has 4 atom stereocenters. The minimum Gasteiger partial charge on any atom is -0.494 e. The second kappa shape index (κ2) is 9.35. The van der Waals surface area contributed by atoms with Crippen LogP contribution in [0, 0.1) is 0 Å². The predicted molar refractivity (Wildman–Crippen MR) is 95.6 cm³/mol. The Labute approximate surface area is 154 Å². The highest BCUT2D eigenvalue weighted by Crippen LogP contribution is 2.30. The molecule has 0 aliphatic carbocycles. The highest BCUT2D eigenvalue weighted by atomic mass is 16.6. The molecule has 0 spiro atoms. The average molecular weight is 364 g/mol. The van der Waals surface area contributed by atoms with Gasteiger partial charge in [0.15, 0.2) is 6.10 Å². The summed E-state index contributed by atoms with van der Waals surface area (Å²) in [6.45, 7) is 3.68. The summed E-state index contributed by atoms with van der Waals surface area (Å²) < 4.78 is 28.0. The lowest BCUT2D eigenvalue weighted by atomic mass is 10.1. The molecule has 0 N–H and O–H groups in total. The standard InChI is InChI=1S/C20H28O6/c1-3-4-5-6-11-23-15-9-7-14(8-10-15)20(21)26-17-13-25-18-16(22-2)12-24-19(17)18/h7-10,16-19H,3-6,11-13H2,1-2H3/t16-,17+,18-,19-/m1/s1. The molecular formula is C20H28O6. The Balaban J connectivity index is 1.46. The van der Waals surface area contributed by atoms with Gasteiger partial charge in [-0.2, -0.15) is 0 Å². The van der Waals surface area contributed by atoms with Crippen LogP contribution in [0.15, 0.2) is 24.3 Å². The lowest BCUT2D eigenvalue weighted by Gasteiger charge is -2.17. The first kappa shape index (κ1) is 19.1. The Morgan fingerprint density at radius 1 is 1.04 bits per heavy atom. The molecule has 6 heteroatoms. The third kappa shape index (κ3) is 4.55. The summed E-state index contributed by atoms with van der Waals surface area (Å²) in [5.74, 6) is 0.391. The molecule has 0 amide bonds. The number of hydrogen-bond donors (Lipinski definition) is 0. The average Bonchev–Trinajstić information content (AvgIpc) is 3.24. The monoisotopic (exact) mass is 364 g/mol. The van der Waals surface area contributed by atoms with Crippen molar-refractivity contribution in [3.63, 3.8) is 0 Å². The third-order valence-corrected chi connectivity index (χ3v) is 4.88. The maximum absolute atomic E-state index is 12.4. The van der Waals surface area contributed by atoms with Crippen LogP contribution < -0.4 is 4.74 Å². The van der Waals surface area contributed by atoms with Crippen LogP contribution in [0.3, 0.4) is 0 Å². The molecule has 6 nitrogen and oxygen atoms in total. The molecule has 3 rings (SSSR count). The van der Waals surface area contributed by atoms with Crippen LogP contribution in [-0.2, 0) is 18.9 Å². The van der Waals surface area contributed by atoms with Gasteiger partial charge in [0, 0.05) is 7.11 Å². The van der Waals surface area contributed by atoms with Crippen LogP contribution in [0.25, 0.3) is 0 Å². The number of fused-ring (bicyclic) bond motifs is 1. The summed E-state index contributed by atoms with van der Waals surface area (Å²) >= 11 is 0. The van der Waals surface area contributed by atoms with Gasteiger partial charge in [-0.1, -0.05) is 26.2 Å². The number of carbonyl (C=O) groups excluding carboxylic acids is 1. The Hall–Kier alpha value is -1.63. The smallest absolute Gasteiger partial charge is 0.338 e. The number of ether oxygens (including phenoxy) is 5. The Kier molecular flexibility index (Phi) is 6.88. The van der Waals surface area contributed by atoms with Crippen molar-refractivity contribution < 1.29 is 28.5 Å². The largest absolute Gasteiger partial charge is 0.494 e. The number of methoxy groups -OCH3 is 1. The van der Waals surface area contributed by atoms with Gasteiger partial charge in [0.25, 0.3) is 0 Å². The van der Waals surface area contributed by atoms with E-state index in [0.717, 1.165) is 12.2 Å². The van der Waals surface area contributed by atoms with Gasteiger partial charge in [-0.05, 0) is 30.7 Å². The Morgan fingerprint density at radius 3 is 2.42 bits per heavy atom. The van der Waals surface area contributed by atoms with E-state index in [1.807, 2.05) is 0 Å². The van der Waals surface area contributed by atoms with E-state index < -0.39 is 6.10 Å². The second-order valence-electron chi connectivity index (χ2n) is 6.75. The third-order valence-electron chi connectivity index (χ3n) is 4.88. The molecule has 2 saturated heterocycles. The predicted octanol–water partition coefficient (Wildman–Crippen LogP) is 2.98. The van der Waals surface area contributed by atoms with Crippen molar-refractivity contribution in [3.05, 3.63) is 29.8 Å². The number of benzene rings is 1. The Bertz CT molecular complexity index is 572. The number of hydrogen-bond acceptors (Lipinski definition) is 6.